The lowest BCUT2D eigenvalue weighted by molar-refractivity contribution is 0.949. The first-order chi connectivity index (χ1) is 9.42. The molecule has 2 heteroatoms. The molecule has 2 aromatic rings. The smallest absolute Gasteiger partial charge is 0.0629 e. The summed E-state index contributed by atoms with van der Waals surface area (Å²) in [6.07, 6.45) is 8.61. The molecule has 0 N–H and O–H groups in total. The highest BCUT2D eigenvalue weighted by molar-refractivity contribution is 5.69. The molecule has 1 fully saturated rings. The second kappa shape index (κ2) is 5.70. The van der Waals surface area contributed by atoms with Crippen LogP contribution >= 0.6 is 0 Å². The second-order valence-electron chi connectivity index (χ2n) is 4.87. The fourth-order valence-electron chi connectivity index (χ4n) is 2.43. The largest absolute Gasteiger partial charge is 0.372 e. The highest BCUT2D eigenvalue weighted by Crippen LogP contribution is 2.21. The summed E-state index contributed by atoms with van der Waals surface area (Å²) in [5, 5.41) is 0. The van der Waals surface area contributed by atoms with Gasteiger partial charge in [0.1, 0.15) is 0 Å². The van der Waals surface area contributed by atoms with Crippen LogP contribution in [0.15, 0.2) is 48.7 Å². The van der Waals surface area contributed by atoms with Crippen LogP contribution in [0.5, 0.6) is 0 Å². The van der Waals surface area contributed by atoms with Crippen LogP contribution in [0.25, 0.3) is 12.2 Å². The molecule has 2 nitrogen and oxygen atoms in total. The number of anilines is 1. The van der Waals surface area contributed by atoms with Crippen molar-refractivity contribution in [3.05, 3.63) is 59.9 Å². The molecule has 1 saturated heterocycles. The zero-order valence-corrected chi connectivity index (χ0v) is 11.0. The van der Waals surface area contributed by atoms with Crippen molar-refractivity contribution in [1.29, 1.82) is 0 Å². The summed E-state index contributed by atoms with van der Waals surface area (Å²) in [5.74, 6) is 0. The lowest BCUT2D eigenvalue weighted by Gasteiger charge is -2.17. The van der Waals surface area contributed by atoms with Crippen molar-refractivity contribution in [3.8, 4) is 0 Å². The summed E-state index contributed by atoms with van der Waals surface area (Å²) in [5.41, 5.74) is 3.55. The molecule has 0 bridgehead atoms. The van der Waals surface area contributed by atoms with Crippen LogP contribution in [0.1, 0.15) is 24.1 Å². The van der Waals surface area contributed by atoms with Gasteiger partial charge in [-0.25, -0.2) is 0 Å². The van der Waals surface area contributed by atoms with Gasteiger partial charge in [0.25, 0.3) is 0 Å². The third-order valence-electron chi connectivity index (χ3n) is 3.50. The van der Waals surface area contributed by atoms with E-state index in [-0.39, 0.29) is 0 Å². The van der Waals surface area contributed by atoms with Crippen molar-refractivity contribution in [2.75, 3.05) is 18.0 Å². The number of benzene rings is 1. The number of nitrogens with zero attached hydrogens (tertiary/aromatic N) is 2. The number of aromatic nitrogens is 1. The van der Waals surface area contributed by atoms with Crippen LogP contribution in [-0.2, 0) is 0 Å². The van der Waals surface area contributed by atoms with E-state index in [0.717, 1.165) is 5.69 Å². The maximum absolute atomic E-state index is 4.28. The van der Waals surface area contributed by atoms with Gasteiger partial charge in [-0.2, -0.15) is 0 Å². The lowest BCUT2D eigenvalue weighted by atomic mass is 10.1. The summed E-state index contributed by atoms with van der Waals surface area (Å²) >= 11 is 0. The monoisotopic (exact) mass is 250 g/mol. The molecule has 0 unspecified atom stereocenters. The Morgan fingerprint density at radius 2 is 1.68 bits per heavy atom. The molecule has 0 radical (unpaired) electrons. The molecule has 19 heavy (non-hydrogen) atoms. The minimum absolute atomic E-state index is 0.992. The summed E-state index contributed by atoms with van der Waals surface area (Å²) < 4.78 is 0. The third-order valence-corrected chi connectivity index (χ3v) is 3.50. The van der Waals surface area contributed by atoms with Gasteiger partial charge in [-0.05, 0) is 48.7 Å². The van der Waals surface area contributed by atoms with E-state index < -0.39 is 0 Å². The Hall–Kier alpha value is -2.09. The molecule has 1 aliphatic rings. The van der Waals surface area contributed by atoms with E-state index >= 15 is 0 Å². The molecule has 1 aromatic carbocycles. The van der Waals surface area contributed by atoms with Gasteiger partial charge in [-0.3, -0.25) is 4.98 Å². The van der Waals surface area contributed by atoms with Crippen molar-refractivity contribution >= 4 is 17.8 Å². The highest BCUT2D eigenvalue weighted by Gasteiger charge is 2.11. The fraction of sp³-hybridized carbons (Fsp3) is 0.235. The van der Waals surface area contributed by atoms with Crippen molar-refractivity contribution in [2.45, 2.75) is 12.8 Å². The van der Waals surface area contributed by atoms with Crippen LogP contribution in [0.3, 0.4) is 0 Å². The SMILES string of the molecule is C(=Cc1ccccn1)c1ccc(N2CCCC2)cc1. The molecule has 3 rings (SSSR count). The Morgan fingerprint density at radius 1 is 0.895 bits per heavy atom. The topological polar surface area (TPSA) is 16.1 Å². The van der Waals surface area contributed by atoms with Crippen LogP contribution in [0, 0.1) is 0 Å². The molecule has 0 atom stereocenters. The standard InChI is InChI=1S/C17H18N2/c1-2-12-18-16(5-1)9-6-15-7-10-17(11-8-15)19-13-3-4-14-19/h1-2,5-12H,3-4,13-14H2. The van der Waals surface area contributed by atoms with E-state index in [4.69, 9.17) is 0 Å². The van der Waals surface area contributed by atoms with Gasteiger partial charge in [0.15, 0.2) is 0 Å². The van der Waals surface area contributed by atoms with Crippen LogP contribution < -0.4 is 4.90 Å². The lowest BCUT2D eigenvalue weighted by Crippen LogP contribution is -2.17. The second-order valence-corrected chi connectivity index (χ2v) is 4.87. The van der Waals surface area contributed by atoms with Crippen LogP contribution in [0.4, 0.5) is 5.69 Å². The summed E-state index contributed by atoms with van der Waals surface area (Å²) in [4.78, 5) is 6.73. The van der Waals surface area contributed by atoms with Gasteiger partial charge in [0.05, 0.1) is 5.69 Å². The number of rotatable bonds is 3. The molecule has 0 spiro atoms. The molecule has 1 aliphatic heterocycles. The first kappa shape index (κ1) is 12.0. The predicted molar refractivity (Wildman–Crippen MR) is 81.1 cm³/mol. The third kappa shape index (κ3) is 3.02. The Labute approximate surface area is 114 Å². The molecule has 96 valence electrons. The number of hydrogen-bond acceptors (Lipinski definition) is 2. The van der Waals surface area contributed by atoms with E-state index in [2.05, 4.69) is 40.2 Å². The first-order valence-corrected chi connectivity index (χ1v) is 6.86. The van der Waals surface area contributed by atoms with E-state index in [1.807, 2.05) is 30.5 Å². The summed E-state index contributed by atoms with van der Waals surface area (Å²) in [6, 6.07) is 14.7. The molecule has 2 heterocycles. The molecule has 0 saturated carbocycles. The quantitative estimate of drug-likeness (QED) is 0.822. The zero-order valence-electron chi connectivity index (χ0n) is 11.0. The Balaban J connectivity index is 1.70. The fourth-order valence-corrected chi connectivity index (χ4v) is 2.43. The Kier molecular flexibility index (Phi) is 3.59. The van der Waals surface area contributed by atoms with E-state index in [9.17, 15) is 0 Å². The van der Waals surface area contributed by atoms with Crippen molar-refractivity contribution in [2.24, 2.45) is 0 Å². The maximum atomic E-state index is 4.28. The van der Waals surface area contributed by atoms with Gasteiger partial charge in [0, 0.05) is 25.0 Å². The predicted octanol–water partition coefficient (Wildman–Crippen LogP) is 3.85. The van der Waals surface area contributed by atoms with Gasteiger partial charge >= 0.3 is 0 Å². The van der Waals surface area contributed by atoms with Gasteiger partial charge in [-0.15, -0.1) is 0 Å². The van der Waals surface area contributed by atoms with E-state index in [1.165, 1.54) is 37.2 Å². The van der Waals surface area contributed by atoms with Crippen molar-refractivity contribution in [1.82, 2.24) is 4.98 Å². The summed E-state index contributed by atoms with van der Waals surface area (Å²) in [7, 11) is 0. The Morgan fingerprint density at radius 3 is 2.37 bits per heavy atom. The highest BCUT2D eigenvalue weighted by atomic mass is 15.1. The first-order valence-electron chi connectivity index (χ1n) is 6.86. The molecular formula is C17H18N2. The normalized spacial score (nSPS) is 15.3. The van der Waals surface area contributed by atoms with E-state index in [1.54, 1.807) is 0 Å². The van der Waals surface area contributed by atoms with Crippen LogP contribution in [0.2, 0.25) is 0 Å². The van der Waals surface area contributed by atoms with Gasteiger partial charge in [0.2, 0.25) is 0 Å². The molecule has 0 amide bonds. The average Bonchev–Trinajstić information content (AvgIpc) is 3.01. The minimum atomic E-state index is 0.992. The Bertz CT molecular complexity index is 537. The molecular weight excluding hydrogens is 232 g/mol. The van der Waals surface area contributed by atoms with Crippen molar-refractivity contribution < 1.29 is 0 Å². The minimum Gasteiger partial charge on any atom is -0.372 e. The van der Waals surface area contributed by atoms with E-state index in [0.29, 0.717) is 0 Å². The number of hydrogen-bond donors (Lipinski definition) is 0. The maximum Gasteiger partial charge on any atom is 0.0629 e. The van der Waals surface area contributed by atoms with Gasteiger partial charge in [-0.1, -0.05) is 24.3 Å². The van der Waals surface area contributed by atoms with Crippen molar-refractivity contribution in [3.63, 3.8) is 0 Å². The molecule has 1 aromatic heterocycles. The summed E-state index contributed by atoms with van der Waals surface area (Å²) in [6.45, 7) is 2.40. The zero-order chi connectivity index (χ0) is 12.9. The van der Waals surface area contributed by atoms with Crippen LogP contribution in [-0.4, -0.2) is 18.1 Å². The van der Waals surface area contributed by atoms with Gasteiger partial charge < -0.3 is 4.90 Å². The number of pyridine rings is 1. The average molecular weight is 250 g/mol. The molecule has 0 aliphatic carbocycles.